The Bertz CT molecular complexity index is 231. The van der Waals surface area contributed by atoms with Gasteiger partial charge in [-0.3, -0.25) is 4.99 Å². The minimum Gasteiger partial charge on any atom is -0.293 e. The van der Waals surface area contributed by atoms with Crippen LogP contribution in [0.3, 0.4) is 0 Å². The molecule has 64 valence electrons. The highest BCUT2D eigenvalue weighted by Gasteiger charge is 1.91. The van der Waals surface area contributed by atoms with Gasteiger partial charge in [0.05, 0.1) is 0 Å². The molecule has 1 heteroatoms. The Morgan fingerprint density at radius 3 is 2.50 bits per heavy atom. The van der Waals surface area contributed by atoms with E-state index in [9.17, 15) is 0 Å². The Hall–Kier alpha value is -1.37. The summed E-state index contributed by atoms with van der Waals surface area (Å²) < 4.78 is 0. The molecule has 0 rings (SSSR count). The third kappa shape index (κ3) is 3.71. The van der Waals surface area contributed by atoms with E-state index in [1.807, 2.05) is 13.0 Å². The molecule has 0 heterocycles. The van der Waals surface area contributed by atoms with E-state index >= 15 is 0 Å². The van der Waals surface area contributed by atoms with Gasteiger partial charge in [-0.2, -0.15) is 0 Å². The number of hydrogen-bond donors (Lipinski definition) is 0. The van der Waals surface area contributed by atoms with Crippen LogP contribution in [-0.2, 0) is 0 Å². The van der Waals surface area contributed by atoms with Gasteiger partial charge in [0.2, 0.25) is 0 Å². The van der Waals surface area contributed by atoms with Gasteiger partial charge in [-0.15, -0.1) is 0 Å². The van der Waals surface area contributed by atoms with Crippen LogP contribution in [0.25, 0.3) is 0 Å². The van der Waals surface area contributed by atoms with Gasteiger partial charge in [-0.1, -0.05) is 38.0 Å². The molecule has 0 N–H and O–H groups in total. The van der Waals surface area contributed by atoms with E-state index in [1.54, 1.807) is 18.4 Å². The van der Waals surface area contributed by atoms with E-state index in [4.69, 9.17) is 0 Å². The minimum absolute atomic E-state index is 0.775. The molecule has 0 aliphatic rings. The highest BCUT2D eigenvalue weighted by molar-refractivity contribution is 5.85. The summed E-state index contributed by atoms with van der Waals surface area (Å²) in [7, 11) is 0. The van der Waals surface area contributed by atoms with E-state index in [1.165, 1.54) is 0 Å². The summed E-state index contributed by atoms with van der Waals surface area (Å²) in [6, 6.07) is 0. The molecular formula is C11H15N. The van der Waals surface area contributed by atoms with E-state index < -0.39 is 0 Å². The van der Waals surface area contributed by atoms with E-state index in [2.05, 4.69) is 24.7 Å². The topological polar surface area (TPSA) is 12.4 Å². The van der Waals surface area contributed by atoms with Crippen LogP contribution in [0.1, 0.15) is 6.92 Å². The second-order valence-electron chi connectivity index (χ2n) is 2.21. The molecule has 0 saturated heterocycles. The lowest BCUT2D eigenvalue weighted by Gasteiger charge is -1.97. The lowest BCUT2D eigenvalue weighted by Crippen LogP contribution is -1.86. The van der Waals surface area contributed by atoms with Crippen molar-refractivity contribution >= 4 is 6.21 Å². The molecule has 0 radical (unpaired) electrons. The van der Waals surface area contributed by atoms with E-state index in [-0.39, 0.29) is 0 Å². The average molecular weight is 161 g/mol. The van der Waals surface area contributed by atoms with E-state index in [0.717, 1.165) is 17.7 Å². The van der Waals surface area contributed by atoms with Crippen LogP contribution in [-0.4, -0.2) is 12.8 Å². The van der Waals surface area contributed by atoms with Crippen LogP contribution in [0.4, 0.5) is 0 Å². The zero-order valence-corrected chi connectivity index (χ0v) is 7.59. The van der Waals surface area contributed by atoms with Gasteiger partial charge in [-0.25, -0.2) is 0 Å². The molecule has 0 aromatic carbocycles. The van der Waals surface area contributed by atoms with Crippen molar-refractivity contribution in [3.8, 4) is 0 Å². The molecule has 1 nitrogen and oxygen atoms in total. The lowest BCUT2D eigenvalue weighted by atomic mass is 10.1. The van der Waals surface area contributed by atoms with Crippen molar-refractivity contribution in [3.63, 3.8) is 0 Å². The molecule has 0 fully saturated rings. The minimum atomic E-state index is 0.775. The van der Waals surface area contributed by atoms with E-state index in [0.29, 0.717) is 0 Å². The normalized spacial score (nSPS) is 11.6. The fourth-order valence-electron chi connectivity index (χ4n) is 0.709. The summed E-state index contributed by atoms with van der Waals surface area (Å²) in [6.45, 7) is 13.9. The standard InChI is InChI=1S/C11H15N/c1-5-8-11(6-2)10(4)9-12-7-3/h5-6,8-9H,1-2,4,7H2,3H3/b11-8-,12-9?. The first-order valence-corrected chi connectivity index (χ1v) is 3.90. The first-order chi connectivity index (χ1) is 5.76. The van der Waals surface area contributed by atoms with Gasteiger partial charge in [-0.05, 0) is 18.1 Å². The Morgan fingerprint density at radius 2 is 2.08 bits per heavy atom. The first-order valence-electron chi connectivity index (χ1n) is 3.90. The molecule has 0 aromatic rings. The molecule has 0 atom stereocenters. The molecule has 0 saturated carbocycles. The van der Waals surface area contributed by atoms with Gasteiger partial charge < -0.3 is 0 Å². The molecule has 0 aliphatic carbocycles. The predicted octanol–water partition coefficient (Wildman–Crippen LogP) is 2.93. The SMILES string of the molecule is C=C/C=C(/C=C)C(=C)C=NCC. The highest BCUT2D eigenvalue weighted by atomic mass is 14.7. The maximum absolute atomic E-state index is 4.08. The second kappa shape index (κ2) is 6.35. The molecular weight excluding hydrogens is 146 g/mol. The predicted molar refractivity (Wildman–Crippen MR) is 56.7 cm³/mol. The van der Waals surface area contributed by atoms with Crippen LogP contribution in [0.2, 0.25) is 0 Å². The summed E-state index contributed by atoms with van der Waals surface area (Å²) >= 11 is 0. The maximum Gasteiger partial charge on any atom is 0.0361 e. The van der Waals surface area contributed by atoms with Crippen LogP contribution >= 0.6 is 0 Å². The summed E-state index contributed by atoms with van der Waals surface area (Å²) in [4.78, 5) is 4.08. The smallest absolute Gasteiger partial charge is 0.0361 e. The van der Waals surface area contributed by atoms with Gasteiger partial charge in [0.25, 0.3) is 0 Å². The fraction of sp³-hybridized carbons (Fsp3) is 0.182. The Labute approximate surface area is 74.5 Å². The number of nitrogens with zero attached hydrogens (tertiary/aromatic N) is 1. The third-order valence-electron chi connectivity index (χ3n) is 1.32. The largest absolute Gasteiger partial charge is 0.293 e. The molecule has 0 aromatic heterocycles. The van der Waals surface area contributed by atoms with Crippen LogP contribution in [0.5, 0.6) is 0 Å². The van der Waals surface area contributed by atoms with Crippen LogP contribution in [0.15, 0.2) is 54.1 Å². The molecule has 0 amide bonds. The summed E-state index contributed by atoms with van der Waals surface area (Å²) in [5.41, 5.74) is 1.83. The molecule has 0 spiro atoms. The van der Waals surface area contributed by atoms with Crippen molar-refractivity contribution in [3.05, 3.63) is 49.1 Å². The highest BCUT2D eigenvalue weighted by Crippen LogP contribution is 2.06. The van der Waals surface area contributed by atoms with Crippen molar-refractivity contribution in [2.75, 3.05) is 6.54 Å². The first kappa shape index (κ1) is 10.6. The zero-order valence-electron chi connectivity index (χ0n) is 7.59. The van der Waals surface area contributed by atoms with Crippen LogP contribution in [0, 0.1) is 0 Å². The molecule has 0 bridgehead atoms. The fourth-order valence-corrected chi connectivity index (χ4v) is 0.709. The summed E-state index contributed by atoms with van der Waals surface area (Å²) in [5, 5.41) is 0. The quantitative estimate of drug-likeness (QED) is 0.434. The monoisotopic (exact) mass is 161 g/mol. The van der Waals surface area contributed by atoms with Gasteiger partial charge in [0.15, 0.2) is 0 Å². The second-order valence-corrected chi connectivity index (χ2v) is 2.21. The molecule has 0 unspecified atom stereocenters. The lowest BCUT2D eigenvalue weighted by molar-refractivity contribution is 1.14. The Kier molecular flexibility index (Phi) is 5.62. The van der Waals surface area contributed by atoms with Crippen LogP contribution < -0.4 is 0 Å². The van der Waals surface area contributed by atoms with Crippen molar-refractivity contribution in [2.24, 2.45) is 4.99 Å². The van der Waals surface area contributed by atoms with Crippen molar-refractivity contribution < 1.29 is 0 Å². The van der Waals surface area contributed by atoms with Crippen molar-refractivity contribution in [2.45, 2.75) is 6.92 Å². The zero-order chi connectivity index (χ0) is 9.40. The van der Waals surface area contributed by atoms with Crippen molar-refractivity contribution in [1.29, 1.82) is 0 Å². The summed E-state index contributed by atoms with van der Waals surface area (Å²) in [5.74, 6) is 0. The number of aliphatic imine (C=N–C) groups is 1. The number of rotatable bonds is 5. The van der Waals surface area contributed by atoms with Gasteiger partial charge >= 0.3 is 0 Å². The third-order valence-corrected chi connectivity index (χ3v) is 1.32. The Morgan fingerprint density at radius 1 is 1.42 bits per heavy atom. The Balaban J connectivity index is 4.42. The summed E-state index contributed by atoms with van der Waals surface area (Å²) in [6.07, 6.45) is 7.06. The average Bonchev–Trinajstić information content (AvgIpc) is 2.10. The van der Waals surface area contributed by atoms with Crippen molar-refractivity contribution in [1.82, 2.24) is 0 Å². The number of allylic oxidation sites excluding steroid dienone is 5. The number of hydrogen-bond acceptors (Lipinski definition) is 1. The maximum atomic E-state index is 4.08. The van der Waals surface area contributed by atoms with Gasteiger partial charge in [0.1, 0.15) is 0 Å². The molecule has 12 heavy (non-hydrogen) atoms. The molecule has 0 aliphatic heterocycles. The van der Waals surface area contributed by atoms with Gasteiger partial charge in [0, 0.05) is 12.8 Å².